The summed E-state index contributed by atoms with van der Waals surface area (Å²) in [4.78, 5) is 20.0. The number of nitrogens with zero attached hydrogens (tertiary/aromatic N) is 1. The predicted molar refractivity (Wildman–Crippen MR) is 91.6 cm³/mol. The van der Waals surface area contributed by atoms with Crippen LogP contribution in [-0.2, 0) is 16.0 Å². The van der Waals surface area contributed by atoms with Crippen LogP contribution in [0, 0.1) is 0 Å². The number of amides is 2. The largest absolute Gasteiger partial charge is 1.00 e. The molecule has 0 aliphatic carbocycles. The van der Waals surface area contributed by atoms with Crippen molar-refractivity contribution in [3.8, 4) is 11.1 Å². The molecule has 0 atom stereocenters. The maximum Gasteiger partial charge on any atom is 1.00 e. The van der Waals surface area contributed by atoms with Gasteiger partial charge < -0.3 is 15.6 Å². The molecule has 120 valence electrons. The van der Waals surface area contributed by atoms with Gasteiger partial charge in [0.25, 0.3) is 0 Å². The Hall–Kier alpha value is -0.984. The molecule has 0 bridgehead atoms. The van der Waals surface area contributed by atoms with Gasteiger partial charge in [-0.2, -0.15) is 0 Å². The van der Waals surface area contributed by atoms with Gasteiger partial charge in [-0.25, -0.2) is 0 Å². The van der Waals surface area contributed by atoms with Gasteiger partial charge in [0.1, 0.15) is 0 Å². The summed E-state index contributed by atoms with van der Waals surface area (Å²) in [7, 11) is 0. The molecule has 1 aliphatic heterocycles. The van der Waals surface area contributed by atoms with Crippen LogP contribution in [0.5, 0.6) is 0 Å². The van der Waals surface area contributed by atoms with Crippen LogP contribution in [-0.4, -0.2) is 11.8 Å². The first kappa shape index (κ1) is 21.1. The van der Waals surface area contributed by atoms with E-state index < -0.39 is 0 Å². The van der Waals surface area contributed by atoms with E-state index in [0.717, 1.165) is 0 Å². The molecule has 0 radical (unpaired) electrons. The Morgan fingerprint density at radius 3 is 2.04 bits per heavy atom. The van der Waals surface area contributed by atoms with Gasteiger partial charge in [-0.05, 0) is 29.5 Å². The molecule has 2 aromatic rings. The van der Waals surface area contributed by atoms with Crippen molar-refractivity contribution in [1.82, 2.24) is 5.43 Å². The minimum Gasteiger partial charge on any atom is -0.564 e. The second-order valence-electron chi connectivity index (χ2n) is 5.38. The Kier molecular flexibility index (Phi) is 10.1. The molecule has 1 saturated heterocycles. The van der Waals surface area contributed by atoms with E-state index in [-0.39, 0.29) is 69.6 Å². The van der Waals surface area contributed by atoms with Gasteiger partial charge in [0.05, 0.1) is 12.3 Å². The zero-order valence-electron chi connectivity index (χ0n) is 14.3. The maximum absolute atomic E-state index is 10.0. The summed E-state index contributed by atoms with van der Waals surface area (Å²) in [5.41, 5.74) is 9.13. The SMILES string of the molecule is CCCCc1ccc(-c2ccccc2)cc1.O=C1CC(=O)N[N-]1.[K+]. The van der Waals surface area contributed by atoms with Crippen molar-refractivity contribution in [1.29, 1.82) is 0 Å². The van der Waals surface area contributed by atoms with Crippen LogP contribution in [0.2, 0.25) is 0 Å². The predicted octanol–water partition coefficient (Wildman–Crippen LogP) is 1.02. The Balaban J connectivity index is 0.000000304. The fourth-order valence-corrected chi connectivity index (χ4v) is 2.22. The fourth-order valence-electron chi connectivity index (χ4n) is 2.22. The molecule has 5 heteroatoms. The standard InChI is InChI=1S/C16H18.C3H4N2O2.K/c1-2-3-7-14-10-12-16(13-11-14)15-8-5-4-6-9-15;6-2-1-3(7)5-4-2;/h4-6,8-13H,2-3,7H2,1H3;1H2,(H2,4,5,6,7);/q;;+1/p-1. The Bertz CT molecular complexity index is 628. The summed E-state index contributed by atoms with van der Waals surface area (Å²) in [6.07, 6.45) is 3.66. The zero-order chi connectivity index (χ0) is 16.5. The van der Waals surface area contributed by atoms with Crippen molar-refractivity contribution in [2.24, 2.45) is 0 Å². The molecule has 0 aromatic heterocycles. The van der Waals surface area contributed by atoms with Crippen molar-refractivity contribution < 1.29 is 61.0 Å². The van der Waals surface area contributed by atoms with Crippen LogP contribution >= 0.6 is 0 Å². The van der Waals surface area contributed by atoms with Crippen molar-refractivity contribution in [3.05, 3.63) is 65.6 Å². The van der Waals surface area contributed by atoms with Crippen molar-refractivity contribution >= 4 is 11.8 Å². The van der Waals surface area contributed by atoms with Gasteiger partial charge in [0.2, 0.25) is 5.91 Å². The van der Waals surface area contributed by atoms with Gasteiger partial charge >= 0.3 is 51.4 Å². The smallest absolute Gasteiger partial charge is 0.564 e. The van der Waals surface area contributed by atoms with Crippen molar-refractivity contribution in [2.45, 2.75) is 32.6 Å². The molecule has 1 heterocycles. The number of carbonyl (C=O) groups is 2. The third kappa shape index (κ3) is 7.28. The van der Waals surface area contributed by atoms with E-state index in [1.807, 2.05) is 5.43 Å². The number of carbonyl (C=O) groups excluding carboxylic acids is 2. The first-order chi connectivity index (χ1) is 11.2. The van der Waals surface area contributed by atoms with E-state index in [4.69, 9.17) is 0 Å². The van der Waals surface area contributed by atoms with Crippen LogP contribution in [0.15, 0.2) is 54.6 Å². The fraction of sp³-hybridized carbons (Fsp3) is 0.263. The average Bonchev–Trinajstić information content (AvgIpc) is 2.98. The van der Waals surface area contributed by atoms with Gasteiger partial charge in [0.15, 0.2) is 0 Å². The molecule has 1 aliphatic rings. The number of benzene rings is 2. The first-order valence-corrected chi connectivity index (χ1v) is 7.86. The van der Waals surface area contributed by atoms with Gasteiger partial charge in [0, 0.05) is 0 Å². The summed E-state index contributed by atoms with van der Waals surface area (Å²) in [6.45, 7) is 2.23. The topological polar surface area (TPSA) is 60.3 Å². The normalized spacial score (nSPS) is 12.4. The summed E-state index contributed by atoms with van der Waals surface area (Å²) >= 11 is 0. The second kappa shape index (κ2) is 11.5. The molecule has 4 nitrogen and oxygen atoms in total. The second-order valence-corrected chi connectivity index (χ2v) is 5.38. The van der Waals surface area contributed by atoms with E-state index in [0.29, 0.717) is 0 Å². The van der Waals surface area contributed by atoms with Crippen LogP contribution in [0.4, 0.5) is 0 Å². The third-order valence-electron chi connectivity index (χ3n) is 3.50. The molecule has 0 unspecified atom stereocenters. The molecule has 0 spiro atoms. The molecule has 1 N–H and O–H groups in total. The molecule has 2 amide bonds. The van der Waals surface area contributed by atoms with Crippen LogP contribution < -0.4 is 56.8 Å². The number of nitrogens with one attached hydrogen (secondary N) is 1. The molecular weight excluding hydrogens is 327 g/mol. The summed E-state index contributed by atoms with van der Waals surface area (Å²) in [5, 5.41) is 0. The average molecular weight is 348 g/mol. The van der Waals surface area contributed by atoms with Crippen LogP contribution in [0.25, 0.3) is 16.6 Å². The van der Waals surface area contributed by atoms with E-state index in [1.165, 1.54) is 36.0 Å². The Morgan fingerprint density at radius 2 is 1.58 bits per heavy atom. The number of hydrogen-bond acceptors (Lipinski definition) is 2. The number of aryl methyl sites for hydroxylation is 1. The molecule has 24 heavy (non-hydrogen) atoms. The quantitative estimate of drug-likeness (QED) is 0.662. The van der Waals surface area contributed by atoms with Crippen LogP contribution in [0.1, 0.15) is 31.7 Å². The first-order valence-electron chi connectivity index (χ1n) is 7.86. The third-order valence-corrected chi connectivity index (χ3v) is 3.50. The molecule has 1 fully saturated rings. The van der Waals surface area contributed by atoms with Crippen LogP contribution in [0.3, 0.4) is 0 Å². The van der Waals surface area contributed by atoms with Crippen molar-refractivity contribution in [2.75, 3.05) is 0 Å². The van der Waals surface area contributed by atoms with E-state index >= 15 is 0 Å². The van der Waals surface area contributed by atoms with E-state index in [9.17, 15) is 9.59 Å². The molecule has 0 saturated carbocycles. The molecule has 3 rings (SSSR count). The maximum atomic E-state index is 10.0. The van der Waals surface area contributed by atoms with E-state index in [2.05, 4.69) is 66.9 Å². The zero-order valence-corrected chi connectivity index (χ0v) is 17.4. The van der Waals surface area contributed by atoms with Gasteiger partial charge in [-0.15, -0.1) is 0 Å². The summed E-state index contributed by atoms with van der Waals surface area (Å²) in [5.74, 6) is -0.699. The van der Waals surface area contributed by atoms with Gasteiger partial charge in [-0.1, -0.05) is 67.9 Å². The molecule has 2 aromatic carbocycles. The Labute approximate surface area is 185 Å². The number of hydrogen-bond donors (Lipinski definition) is 1. The monoisotopic (exact) mass is 348 g/mol. The van der Waals surface area contributed by atoms with E-state index in [1.54, 1.807) is 0 Å². The van der Waals surface area contributed by atoms with Gasteiger partial charge in [-0.3, -0.25) is 4.79 Å². The number of rotatable bonds is 4. The minimum atomic E-state index is -0.384. The van der Waals surface area contributed by atoms with Crippen molar-refractivity contribution in [3.63, 3.8) is 0 Å². The number of unbranched alkanes of at least 4 members (excludes halogenated alkanes) is 1. The summed E-state index contributed by atoms with van der Waals surface area (Å²) < 4.78 is 0. The molecular formula is C19H21KN2O2. The summed E-state index contributed by atoms with van der Waals surface area (Å²) in [6, 6.07) is 19.5. The Morgan fingerprint density at radius 1 is 0.958 bits per heavy atom. The minimum absolute atomic E-state index is 0.